The Bertz CT molecular complexity index is 1390. The summed E-state index contributed by atoms with van der Waals surface area (Å²) in [5.41, 5.74) is 1.17. The number of benzene rings is 3. The van der Waals surface area contributed by atoms with Crippen LogP contribution in [0, 0.1) is 10.1 Å². The van der Waals surface area contributed by atoms with E-state index >= 15 is 0 Å². The predicted molar refractivity (Wildman–Crippen MR) is 129 cm³/mol. The second kappa shape index (κ2) is 10.3. The van der Waals surface area contributed by atoms with Crippen LogP contribution in [0.15, 0.2) is 91.1 Å². The molecule has 0 fully saturated rings. The van der Waals surface area contributed by atoms with Crippen LogP contribution in [0.2, 0.25) is 0 Å². The first-order valence-electron chi connectivity index (χ1n) is 10.7. The van der Waals surface area contributed by atoms with Crippen LogP contribution in [-0.4, -0.2) is 15.8 Å². The summed E-state index contributed by atoms with van der Waals surface area (Å²) in [7, 11) is 0. The Morgan fingerprint density at radius 1 is 0.944 bits per heavy atom. The van der Waals surface area contributed by atoms with Crippen molar-refractivity contribution in [1.82, 2.24) is 4.98 Å². The number of nitro benzene ring substituents is 1. The minimum atomic E-state index is -4.47. The maximum absolute atomic E-state index is 13.0. The highest BCUT2D eigenvalue weighted by molar-refractivity contribution is 6.09. The Kier molecular flexibility index (Phi) is 6.95. The van der Waals surface area contributed by atoms with E-state index in [4.69, 9.17) is 0 Å². The lowest BCUT2D eigenvalue weighted by molar-refractivity contribution is -0.383. The number of hydrogen-bond donors (Lipinski definition) is 2. The molecule has 3 aromatic carbocycles. The van der Waals surface area contributed by atoms with Crippen LogP contribution in [-0.2, 0) is 12.7 Å². The minimum Gasteiger partial charge on any atom is -0.374 e. The van der Waals surface area contributed by atoms with E-state index in [-0.39, 0.29) is 29.2 Å². The van der Waals surface area contributed by atoms with Gasteiger partial charge in [-0.25, -0.2) is 0 Å². The normalized spacial score (nSPS) is 11.1. The Hall–Kier alpha value is -4.73. The number of nitrogens with one attached hydrogen (secondary N) is 2. The lowest BCUT2D eigenvalue weighted by atomic mass is 9.98. The molecule has 0 saturated heterocycles. The molecule has 0 spiro atoms. The number of nitro groups is 1. The number of rotatable bonds is 7. The highest BCUT2D eigenvalue weighted by Gasteiger charge is 2.30. The van der Waals surface area contributed by atoms with Crippen molar-refractivity contribution in [2.75, 3.05) is 10.6 Å². The van der Waals surface area contributed by atoms with Crippen molar-refractivity contribution in [3.05, 3.63) is 118 Å². The molecule has 36 heavy (non-hydrogen) atoms. The smallest absolute Gasteiger partial charge is 0.374 e. The molecule has 0 atom stereocenters. The van der Waals surface area contributed by atoms with Crippen LogP contribution in [0.1, 0.15) is 21.6 Å². The van der Waals surface area contributed by atoms with Gasteiger partial charge in [-0.2, -0.15) is 13.2 Å². The fourth-order valence-electron chi connectivity index (χ4n) is 3.57. The molecule has 4 rings (SSSR count). The zero-order chi connectivity index (χ0) is 25.7. The molecule has 7 nitrogen and oxygen atoms in total. The van der Waals surface area contributed by atoms with Crippen LogP contribution >= 0.6 is 0 Å². The monoisotopic (exact) mass is 492 g/mol. The van der Waals surface area contributed by atoms with Gasteiger partial charge in [0, 0.05) is 23.5 Å². The topological polar surface area (TPSA) is 97.2 Å². The molecule has 0 radical (unpaired) electrons. The Labute approximate surface area is 203 Å². The molecule has 1 amide bonds. The molecular weight excluding hydrogens is 473 g/mol. The number of carbonyl (C=O) groups excluding carboxylic acids is 1. The van der Waals surface area contributed by atoms with Crippen LogP contribution < -0.4 is 10.6 Å². The molecule has 0 aliphatic carbocycles. The summed E-state index contributed by atoms with van der Waals surface area (Å²) in [6, 6.07) is 20.5. The number of aromatic nitrogens is 1. The van der Waals surface area contributed by atoms with Crippen molar-refractivity contribution in [3.63, 3.8) is 0 Å². The maximum atomic E-state index is 13.0. The number of nitrogens with zero attached hydrogens (tertiary/aromatic N) is 2. The molecule has 0 unspecified atom stereocenters. The van der Waals surface area contributed by atoms with Gasteiger partial charge in [0.1, 0.15) is 5.69 Å². The van der Waals surface area contributed by atoms with Crippen LogP contribution in [0.25, 0.3) is 11.1 Å². The molecule has 0 bridgehead atoms. The van der Waals surface area contributed by atoms with Gasteiger partial charge in [0.2, 0.25) is 0 Å². The first-order valence-corrected chi connectivity index (χ1v) is 10.7. The molecule has 4 aromatic rings. The molecule has 0 aliphatic heterocycles. The number of pyridine rings is 1. The maximum Gasteiger partial charge on any atom is 0.416 e. The van der Waals surface area contributed by atoms with Gasteiger partial charge in [-0.05, 0) is 53.6 Å². The van der Waals surface area contributed by atoms with Crippen LogP contribution in [0.5, 0.6) is 0 Å². The number of anilines is 2. The van der Waals surface area contributed by atoms with Gasteiger partial charge in [-0.15, -0.1) is 0 Å². The summed E-state index contributed by atoms with van der Waals surface area (Å²) in [4.78, 5) is 28.3. The fraction of sp³-hybridized carbons (Fsp3) is 0.0769. The summed E-state index contributed by atoms with van der Waals surface area (Å²) in [6.07, 6.45) is -2.85. The number of halogens is 3. The second-order valence-corrected chi connectivity index (χ2v) is 7.74. The quantitative estimate of drug-likeness (QED) is 0.226. The van der Waals surface area contributed by atoms with Crippen molar-refractivity contribution < 1.29 is 22.9 Å². The lowest BCUT2D eigenvalue weighted by Gasteiger charge is -2.13. The van der Waals surface area contributed by atoms with E-state index in [1.165, 1.54) is 36.4 Å². The van der Waals surface area contributed by atoms with E-state index in [9.17, 15) is 28.1 Å². The van der Waals surface area contributed by atoms with Gasteiger partial charge in [0.15, 0.2) is 0 Å². The first-order chi connectivity index (χ1) is 17.2. The number of amides is 1. The number of hydrogen-bond acceptors (Lipinski definition) is 5. The van der Waals surface area contributed by atoms with Gasteiger partial charge in [0.25, 0.3) is 11.6 Å². The predicted octanol–water partition coefficient (Wildman–Crippen LogP) is 6.54. The molecule has 2 N–H and O–H groups in total. The molecular formula is C26H19F3N4O3. The molecule has 1 heterocycles. The van der Waals surface area contributed by atoms with Crippen molar-refractivity contribution in [2.24, 2.45) is 0 Å². The Morgan fingerprint density at radius 3 is 2.33 bits per heavy atom. The minimum absolute atomic E-state index is 0.192. The third-order valence-corrected chi connectivity index (χ3v) is 5.33. The van der Waals surface area contributed by atoms with E-state index < -0.39 is 22.6 Å². The number of alkyl halides is 3. The number of carbonyl (C=O) groups is 1. The first kappa shape index (κ1) is 24.4. The zero-order valence-electron chi connectivity index (χ0n) is 18.6. The third kappa shape index (κ3) is 5.66. The summed E-state index contributed by atoms with van der Waals surface area (Å²) in [6.45, 7) is 0.272. The standard InChI is InChI=1S/C26H19F3N4O3/c27-26(28,29)18-10-8-17(9-11-18)21-6-1-2-7-22(21)25(34)32-19-12-13-23(24(15-19)33(35)36)31-16-20-5-3-4-14-30-20/h1-15,31H,16H2,(H,32,34). The van der Waals surface area contributed by atoms with Crippen LogP contribution in [0.3, 0.4) is 0 Å². The summed E-state index contributed by atoms with van der Waals surface area (Å²) in [5.74, 6) is -0.561. The highest BCUT2D eigenvalue weighted by atomic mass is 19.4. The van der Waals surface area contributed by atoms with E-state index in [0.717, 1.165) is 12.1 Å². The van der Waals surface area contributed by atoms with Crippen molar-refractivity contribution in [2.45, 2.75) is 12.7 Å². The van der Waals surface area contributed by atoms with E-state index in [0.29, 0.717) is 16.8 Å². The average Bonchev–Trinajstić information content (AvgIpc) is 2.88. The van der Waals surface area contributed by atoms with Gasteiger partial charge in [0.05, 0.1) is 22.7 Å². The van der Waals surface area contributed by atoms with Gasteiger partial charge in [-0.3, -0.25) is 19.9 Å². The Balaban J connectivity index is 1.55. The summed E-state index contributed by atoms with van der Waals surface area (Å²) in [5, 5.41) is 17.2. The van der Waals surface area contributed by atoms with Crippen molar-refractivity contribution in [3.8, 4) is 11.1 Å². The Morgan fingerprint density at radius 2 is 1.67 bits per heavy atom. The van der Waals surface area contributed by atoms with Gasteiger partial charge >= 0.3 is 6.18 Å². The third-order valence-electron chi connectivity index (χ3n) is 5.33. The average molecular weight is 492 g/mol. The molecule has 10 heteroatoms. The highest BCUT2D eigenvalue weighted by Crippen LogP contribution is 2.33. The largest absolute Gasteiger partial charge is 0.416 e. The van der Waals surface area contributed by atoms with E-state index in [1.807, 2.05) is 0 Å². The van der Waals surface area contributed by atoms with Crippen molar-refractivity contribution in [1.29, 1.82) is 0 Å². The zero-order valence-corrected chi connectivity index (χ0v) is 18.6. The van der Waals surface area contributed by atoms with E-state index in [2.05, 4.69) is 15.6 Å². The molecule has 0 saturated carbocycles. The summed E-state index contributed by atoms with van der Waals surface area (Å²) >= 11 is 0. The van der Waals surface area contributed by atoms with Crippen molar-refractivity contribution >= 4 is 23.0 Å². The molecule has 0 aliphatic rings. The van der Waals surface area contributed by atoms with E-state index in [1.54, 1.807) is 42.6 Å². The van der Waals surface area contributed by atoms with Gasteiger partial charge in [-0.1, -0.05) is 36.4 Å². The SMILES string of the molecule is O=C(Nc1ccc(NCc2ccccn2)c([N+](=O)[O-])c1)c1ccccc1-c1ccc(C(F)(F)F)cc1. The molecule has 182 valence electrons. The van der Waals surface area contributed by atoms with Gasteiger partial charge < -0.3 is 10.6 Å². The summed E-state index contributed by atoms with van der Waals surface area (Å²) < 4.78 is 38.7. The molecule has 1 aromatic heterocycles. The second-order valence-electron chi connectivity index (χ2n) is 7.74. The fourth-order valence-corrected chi connectivity index (χ4v) is 3.57. The van der Waals surface area contributed by atoms with Crippen LogP contribution in [0.4, 0.5) is 30.2 Å². The lowest BCUT2D eigenvalue weighted by Crippen LogP contribution is -2.13.